The molecule has 14 heteroatoms. The van der Waals surface area contributed by atoms with E-state index in [0.717, 1.165) is 0 Å². The van der Waals surface area contributed by atoms with E-state index in [1.54, 1.807) is 0 Å². The molecule has 1 fully saturated rings. The number of amidine groups is 1. The fourth-order valence-electron chi connectivity index (χ4n) is 2.78. The molecule has 22 heavy (non-hydrogen) atoms. The van der Waals surface area contributed by atoms with Crippen LogP contribution in [0.25, 0.3) is 0 Å². The zero-order valence-corrected chi connectivity index (χ0v) is 10.9. The summed E-state index contributed by atoms with van der Waals surface area (Å²) in [4.78, 5) is 42.7. The van der Waals surface area contributed by atoms with Crippen LogP contribution in [0.4, 0.5) is 0 Å². The van der Waals surface area contributed by atoms with Crippen LogP contribution in [-0.4, -0.2) is 48.5 Å². The molecule has 14 nitrogen and oxygen atoms in total. The maximum absolute atomic E-state index is 11.2. The van der Waals surface area contributed by atoms with Gasteiger partial charge in [0, 0.05) is 0 Å². The molecule has 2 unspecified atom stereocenters. The molecule has 2 aliphatic rings. The third kappa shape index (κ3) is 1.91. The van der Waals surface area contributed by atoms with Gasteiger partial charge >= 0.3 is 11.6 Å². The Kier molecular flexibility index (Phi) is 3.60. The third-order valence-corrected chi connectivity index (χ3v) is 3.75. The van der Waals surface area contributed by atoms with E-state index < -0.39 is 43.5 Å². The monoisotopic (exact) mass is 318 g/mol. The lowest BCUT2D eigenvalue weighted by Crippen LogP contribution is -2.65. The lowest BCUT2D eigenvalue weighted by atomic mass is 9.91. The van der Waals surface area contributed by atoms with Crippen molar-refractivity contribution in [2.45, 2.75) is 43.6 Å². The van der Waals surface area contributed by atoms with Crippen LogP contribution in [0.1, 0.15) is 25.7 Å². The van der Waals surface area contributed by atoms with Crippen molar-refractivity contribution in [1.82, 2.24) is 5.01 Å². The minimum absolute atomic E-state index is 0.123. The van der Waals surface area contributed by atoms with E-state index in [1.165, 1.54) is 0 Å². The molecule has 0 radical (unpaired) electrons. The van der Waals surface area contributed by atoms with E-state index >= 15 is 0 Å². The molecule has 1 aliphatic heterocycles. The molecule has 0 amide bonds. The molecule has 0 aromatic carbocycles. The van der Waals surface area contributed by atoms with Crippen molar-refractivity contribution in [1.29, 1.82) is 0 Å². The fourth-order valence-corrected chi connectivity index (χ4v) is 2.78. The van der Waals surface area contributed by atoms with Gasteiger partial charge in [0.2, 0.25) is 0 Å². The summed E-state index contributed by atoms with van der Waals surface area (Å²) >= 11 is 0. The minimum atomic E-state index is -4.08. The third-order valence-electron chi connectivity index (χ3n) is 3.75. The van der Waals surface area contributed by atoms with Gasteiger partial charge in [-0.3, -0.25) is 30.3 Å². The Hall–Kier alpha value is -2.93. The Morgan fingerprint density at radius 2 is 1.45 bits per heavy atom. The van der Waals surface area contributed by atoms with Crippen LogP contribution in [0.15, 0.2) is 4.99 Å². The van der Waals surface area contributed by atoms with Crippen LogP contribution in [0.5, 0.6) is 0 Å². The van der Waals surface area contributed by atoms with Crippen LogP contribution >= 0.6 is 0 Å². The van der Waals surface area contributed by atoms with Gasteiger partial charge < -0.3 is 0 Å². The number of nitro groups is 4. The topological polar surface area (TPSA) is 188 Å². The molecule has 0 spiro atoms. The number of fused-ring (bicyclic) bond motifs is 1. The number of hydrogen-bond donors (Lipinski definition) is 0. The largest absolute Gasteiger partial charge is 0.766 e. The van der Waals surface area contributed by atoms with E-state index in [4.69, 9.17) is 0 Å². The average Bonchev–Trinajstić information content (AvgIpc) is 2.77. The SMILES string of the molecule is O=[N+]([O-])N1C(C([N+](=O)[O-])([N+](=O)[O-])[N+](=O)[O-])=NC2CCCCC21. The number of hydrogen-bond acceptors (Lipinski definition) is 9. The summed E-state index contributed by atoms with van der Waals surface area (Å²) in [7, 11) is 0. The number of aliphatic imine (C=N–C) groups is 1. The maximum Gasteiger partial charge on any atom is 0.766 e. The average molecular weight is 318 g/mol. The highest BCUT2D eigenvalue weighted by Crippen LogP contribution is 2.34. The predicted molar refractivity (Wildman–Crippen MR) is 66.0 cm³/mol. The highest BCUT2D eigenvalue weighted by atomic mass is 16.7. The molecule has 0 saturated heterocycles. The molecule has 1 aliphatic carbocycles. The maximum atomic E-state index is 11.2. The molecule has 2 rings (SSSR count). The molecular formula is C8H10N6O8. The Morgan fingerprint density at radius 3 is 1.91 bits per heavy atom. The summed E-state index contributed by atoms with van der Waals surface area (Å²) in [6, 6.07) is -1.74. The van der Waals surface area contributed by atoms with Crippen molar-refractivity contribution in [3.8, 4) is 0 Å². The Balaban J connectivity index is 2.63. The highest BCUT2D eigenvalue weighted by molar-refractivity contribution is 5.88. The molecule has 120 valence electrons. The van der Waals surface area contributed by atoms with Crippen LogP contribution in [-0.2, 0) is 0 Å². The second kappa shape index (κ2) is 5.12. The van der Waals surface area contributed by atoms with Gasteiger partial charge in [-0.15, -0.1) is 0 Å². The number of rotatable bonds is 5. The Labute approximate surface area is 121 Å². The number of nitrogens with zero attached hydrogens (tertiary/aromatic N) is 6. The molecule has 1 heterocycles. The molecular weight excluding hydrogens is 308 g/mol. The second-order valence-corrected chi connectivity index (χ2v) is 4.86. The van der Waals surface area contributed by atoms with E-state index in [2.05, 4.69) is 4.99 Å². The van der Waals surface area contributed by atoms with Gasteiger partial charge in [0.15, 0.2) is 19.8 Å². The van der Waals surface area contributed by atoms with E-state index in [0.29, 0.717) is 19.3 Å². The summed E-state index contributed by atoms with van der Waals surface area (Å²) in [6.45, 7) is 0. The van der Waals surface area contributed by atoms with Crippen molar-refractivity contribution in [3.63, 3.8) is 0 Å². The van der Waals surface area contributed by atoms with Crippen LogP contribution in [0.3, 0.4) is 0 Å². The van der Waals surface area contributed by atoms with Crippen molar-refractivity contribution in [2.24, 2.45) is 4.99 Å². The van der Waals surface area contributed by atoms with Gasteiger partial charge in [-0.2, -0.15) is 0 Å². The van der Waals surface area contributed by atoms with E-state index in [1.807, 2.05) is 0 Å². The van der Waals surface area contributed by atoms with Crippen LogP contribution < -0.4 is 0 Å². The Morgan fingerprint density at radius 1 is 0.955 bits per heavy atom. The Bertz CT molecular complexity index is 553. The summed E-state index contributed by atoms with van der Waals surface area (Å²) in [5.41, 5.74) is 0. The first-order valence-electron chi connectivity index (χ1n) is 6.19. The van der Waals surface area contributed by atoms with E-state index in [9.17, 15) is 40.5 Å². The molecule has 0 N–H and O–H groups in total. The number of hydrazine groups is 1. The first kappa shape index (κ1) is 15.5. The standard InChI is InChI=1S/C8H10N6O8/c15-11(16)8(12(17)18,13(19)20)7-9-5-3-1-2-4-6(5)10(7)14(21)22/h5-6H,1-4H2. The van der Waals surface area contributed by atoms with Crippen molar-refractivity contribution in [3.05, 3.63) is 40.5 Å². The second-order valence-electron chi connectivity index (χ2n) is 4.86. The summed E-state index contributed by atoms with van der Waals surface area (Å²) < 4.78 is 0. The van der Waals surface area contributed by atoms with Gasteiger partial charge in [0.1, 0.15) is 6.04 Å². The van der Waals surface area contributed by atoms with E-state index in [-0.39, 0.29) is 11.4 Å². The van der Waals surface area contributed by atoms with Crippen molar-refractivity contribution >= 4 is 5.84 Å². The van der Waals surface area contributed by atoms with Crippen molar-refractivity contribution in [2.75, 3.05) is 0 Å². The lowest BCUT2D eigenvalue weighted by Gasteiger charge is -2.24. The molecule has 1 saturated carbocycles. The lowest BCUT2D eigenvalue weighted by molar-refractivity contribution is -0.948. The first-order chi connectivity index (χ1) is 10.2. The fraction of sp³-hybridized carbons (Fsp3) is 0.875. The normalized spacial score (nSPS) is 24.4. The molecule has 0 bridgehead atoms. The first-order valence-corrected chi connectivity index (χ1v) is 6.19. The zero-order chi connectivity index (χ0) is 16.7. The quantitative estimate of drug-likeness (QED) is 0.371. The zero-order valence-electron chi connectivity index (χ0n) is 10.9. The summed E-state index contributed by atoms with van der Waals surface area (Å²) in [6.07, 6.45) is 1.74. The smallest absolute Gasteiger partial charge is 0.252 e. The van der Waals surface area contributed by atoms with Crippen molar-refractivity contribution < 1.29 is 19.8 Å². The summed E-state index contributed by atoms with van der Waals surface area (Å²) in [5, 5.41) is 43.3. The van der Waals surface area contributed by atoms with Gasteiger partial charge in [-0.25, -0.2) is 15.1 Å². The van der Waals surface area contributed by atoms with Crippen LogP contribution in [0, 0.1) is 40.5 Å². The summed E-state index contributed by atoms with van der Waals surface area (Å²) in [5.74, 6) is -5.43. The minimum Gasteiger partial charge on any atom is -0.252 e. The van der Waals surface area contributed by atoms with Crippen LogP contribution in [0.2, 0.25) is 0 Å². The van der Waals surface area contributed by atoms with Gasteiger partial charge in [0.25, 0.3) is 0 Å². The molecule has 0 aromatic rings. The highest BCUT2D eigenvalue weighted by Gasteiger charge is 2.82. The van der Waals surface area contributed by atoms with Gasteiger partial charge in [-0.1, -0.05) is 17.9 Å². The van der Waals surface area contributed by atoms with Gasteiger partial charge in [0.05, 0.1) is 6.04 Å². The predicted octanol–water partition coefficient (Wildman–Crippen LogP) is -0.313. The molecule has 2 atom stereocenters. The van der Waals surface area contributed by atoms with Gasteiger partial charge in [-0.05, 0) is 12.8 Å². The molecule has 0 aromatic heterocycles.